The zero-order valence-corrected chi connectivity index (χ0v) is 16.8. The van der Waals surface area contributed by atoms with Crippen molar-refractivity contribution in [3.8, 4) is 16.9 Å². The fraction of sp³-hybridized carbons (Fsp3) is 0.240. The molecule has 4 nitrogen and oxygen atoms in total. The standard InChI is InChI=1S/C25H22FNO3/c1-2-3-24(29)21-12-16(4-8-22(21)26)5-9-23(28)17-6-7-19-18(13-17)15-30-25-14-27-11-10-20(19)25/h4,6-8,10-14H,2-3,5,9,15H2,1H3. The Morgan fingerprint density at radius 1 is 1.03 bits per heavy atom. The SMILES string of the molecule is CCCC(=O)c1cc(CCC(=O)c2ccc3c(c2)COc2cnccc2-3)ccc1F. The van der Waals surface area contributed by atoms with Gasteiger partial charge in [-0.2, -0.15) is 0 Å². The second-order valence-electron chi connectivity index (χ2n) is 7.44. The number of benzene rings is 2. The molecule has 0 saturated carbocycles. The molecule has 0 unspecified atom stereocenters. The van der Waals surface area contributed by atoms with E-state index in [0.29, 0.717) is 31.4 Å². The summed E-state index contributed by atoms with van der Waals surface area (Å²) in [6.45, 7) is 2.29. The van der Waals surface area contributed by atoms with Gasteiger partial charge in [0.25, 0.3) is 0 Å². The van der Waals surface area contributed by atoms with E-state index in [1.54, 1.807) is 24.5 Å². The molecule has 152 valence electrons. The van der Waals surface area contributed by atoms with Crippen LogP contribution < -0.4 is 4.74 Å². The summed E-state index contributed by atoms with van der Waals surface area (Å²) < 4.78 is 19.7. The summed E-state index contributed by atoms with van der Waals surface area (Å²) in [4.78, 5) is 28.9. The molecule has 1 aromatic heterocycles. The number of hydrogen-bond acceptors (Lipinski definition) is 4. The van der Waals surface area contributed by atoms with Gasteiger partial charge in [0.15, 0.2) is 11.6 Å². The number of carbonyl (C=O) groups excluding carboxylic acids is 2. The zero-order valence-electron chi connectivity index (χ0n) is 16.8. The maximum Gasteiger partial charge on any atom is 0.165 e. The second-order valence-corrected chi connectivity index (χ2v) is 7.44. The molecule has 30 heavy (non-hydrogen) atoms. The molecule has 1 aliphatic rings. The van der Waals surface area contributed by atoms with Crippen LogP contribution in [0.1, 0.15) is 58.0 Å². The number of aromatic nitrogens is 1. The lowest BCUT2D eigenvalue weighted by Crippen LogP contribution is -2.09. The van der Waals surface area contributed by atoms with Crippen LogP contribution in [0.2, 0.25) is 0 Å². The largest absolute Gasteiger partial charge is 0.487 e. The highest BCUT2D eigenvalue weighted by molar-refractivity contribution is 5.98. The van der Waals surface area contributed by atoms with E-state index in [4.69, 9.17) is 4.74 Å². The maximum absolute atomic E-state index is 14.0. The fourth-order valence-corrected chi connectivity index (χ4v) is 3.73. The van der Waals surface area contributed by atoms with Crippen molar-refractivity contribution in [2.75, 3.05) is 0 Å². The van der Waals surface area contributed by atoms with E-state index in [-0.39, 0.29) is 23.6 Å². The van der Waals surface area contributed by atoms with E-state index in [1.165, 1.54) is 6.07 Å². The molecule has 0 N–H and O–H groups in total. The predicted molar refractivity (Wildman–Crippen MR) is 112 cm³/mol. The van der Waals surface area contributed by atoms with Gasteiger partial charge in [-0.15, -0.1) is 0 Å². The lowest BCUT2D eigenvalue weighted by atomic mass is 9.93. The molecule has 2 aromatic carbocycles. The summed E-state index contributed by atoms with van der Waals surface area (Å²) >= 11 is 0. The molecule has 5 heteroatoms. The molecule has 0 saturated heterocycles. The second kappa shape index (κ2) is 8.57. The Morgan fingerprint density at radius 3 is 2.73 bits per heavy atom. The van der Waals surface area contributed by atoms with Gasteiger partial charge in [-0.3, -0.25) is 14.6 Å². The average molecular weight is 403 g/mol. The van der Waals surface area contributed by atoms with Gasteiger partial charge >= 0.3 is 0 Å². The highest BCUT2D eigenvalue weighted by atomic mass is 19.1. The van der Waals surface area contributed by atoms with Gasteiger partial charge in [-0.05, 0) is 53.8 Å². The third-order valence-corrected chi connectivity index (χ3v) is 5.33. The molecule has 4 rings (SSSR count). The minimum absolute atomic E-state index is 0.00378. The molecular weight excluding hydrogens is 381 g/mol. The van der Waals surface area contributed by atoms with Crippen molar-refractivity contribution in [2.24, 2.45) is 0 Å². The van der Waals surface area contributed by atoms with E-state index in [9.17, 15) is 14.0 Å². The highest BCUT2D eigenvalue weighted by Gasteiger charge is 2.19. The Labute approximate surface area is 174 Å². The van der Waals surface area contributed by atoms with Gasteiger partial charge in [-0.1, -0.05) is 25.1 Å². The fourth-order valence-electron chi connectivity index (χ4n) is 3.73. The Bertz CT molecular complexity index is 1120. The van der Waals surface area contributed by atoms with Crippen LogP contribution >= 0.6 is 0 Å². The minimum atomic E-state index is -0.506. The number of fused-ring (bicyclic) bond motifs is 3. The third-order valence-electron chi connectivity index (χ3n) is 5.33. The number of rotatable bonds is 7. The lowest BCUT2D eigenvalue weighted by Gasteiger charge is -2.20. The van der Waals surface area contributed by atoms with Crippen LogP contribution in [0.15, 0.2) is 54.9 Å². The number of carbonyl (C=O) groups is 2. The van der Waals surface area contributed by atoms with E-state index in [1.807, 2.05) is 31.2 Å². The summed E-state index contributed by atoms with van der Waals surface area (Å²) in [6.07, 6.45) is 5.14. The molecule has 0 atom stereocenters. The zero-order chi connectivity index (χ0) is 21.1. The van der Waals surface area contributed by atoms with Gasteiger partial charge in [0, 0.05) is 30.2 Å². The number of Topliss-reactive ketones (excluding diaryl/α,β-unsaturated/α-hetero) is 2. The van der Waals surface area contributed by atoms with Crippen LogP contribution in [-0.2, 0) is 13.0 Å². The smallest absolute Gasteiger partial charge is 0.165 e. The number of hydrogen-bond donors (Lipinski definition) is 0. The van der Waals surface area contributed by atoms with Crippen molar-refractivity contribution in [1.82, 2.24) is 4.98 Å². The van der Waals surface area contributed by atoms with Crippen molar-refractivity contribution in [1.29, 1.82) is 0 Å². The highest BCUT2D eigenvalue weighted by Crippen LogP contribution is 2.37. The van der Waals surface area contributed by atoms with E-state index >= 15 is 0 Å². The van der Waals surface area contributed by atoms with Gasteiger partial charge in [0.05, 0.1) is 11.8 Å². The van der Waals surface area contributed by atoms with Gasteiger partial charge in [0.2, 0.25) is 0 Å². The van der Waals surface area contributed by atoms with Crippen LogP contribution in [0.25, 0.3) is 11.1 Å². The van der Waals surface area contributed by atoms with Crippen LogP contribution in [0.5, 0.6) is 5.75 Å². The molecule has 0 amide bonds. The molecular formula is C25H22FNO3. The van der Waals surface area contributed by atoms with Crippen molar-refractivity contribution in [3.63, 3.8) is 0 Å². The summed E-state index contributed by atoms with van der Waals surface area (Å²) in [7, 11) is 0. The Hall–Kier alpha value is -3.34. The molecule has 0 aliphatic carbocycles. The number of halogens is 1. The van der Waals surface area contributed by atoms with Crippen molar-refractivity contribution < 1.29 is 18.7 Å². The first-order valence-corrected chi connectivity index (χ1v) is 10.1. The number of pyridine rings is 1. The van der Waals surface area contributed by atoms with Crippen LogP contribution in [0.3, 0.4) is 0 Å². The molecule has 0 spiro atoms. The molecule has 0 bridgehead atoms. The Morgan fingerprint density at radius 2 is 1.90 bits per heavy atom. The Balaban J connectivity index is 1.48. The summed E-state index contributed by atoms with van der Waals surface area (Å²) in [5, 5.41) is 0. The predicted octanol–water partition coefficient (Wildman–Crippen LogP) is 5.58. The van der Waals surface area contributed by atoms with Gasteiger partial charge in [-0.25, -0.2) is 4.39 Å². The van der Waals surface area contributed by atoms with Crippen molar-refractivity contribution in [2.45, 2.75) is 39.2 Å². The van der Waals surface area contributed by atoms with E-state index in [2.05, 4.69) is 4.98 Å². The van der Waals surface area contributed by atoms with Gasteiger partial charge < -0.3 is 4.74 Å². The minimum Gasteiger partial charge on any atom is -0.487 e. The first-order chi connectivity index (χ1) is 14.6. The van der Waals surface area contributed by atoms with Gasteiger partial charge in [0.1, 0.15) is 18.2 Å². The molecule has 3 aromatic rings. The number of aryl methyl sites for hydroxylation is 1. The average Bonchev–Trinajstić information content (AvgIpc) is 2.78. The van der Waals surface area contributed by atoms with E-state index < -0.39 is 5.82 Å². The first kappa shape index (κ1) is 20.0. The summed E-state index contributed by atoms with van der Waals surface area (Å²) in [6, 6.07) is 12.1. The molecule has 0 fully saturated rings. The molecule has 0 radical (unpaired) electrons. The number of ketones is 2. The molecule has 2 heterocycles. The van der Waals surface area contributed by atoms with Crippen LogP contribution in [-0.4, -0.2) is 16.6 Å². The third kappa shape index (κ3) is 4.01. The maximum atomic E-state index is 14.0. The van der Waals surface area contributed by atoms with Crippen LogP contribution in [0.4, 0.5) is 4.39 Å². The van der Waals surface area contributed by atoms with Crippen molar-refractivity contribution >= 4 is 11.6 Å². The summed E-state index contributed by atoms with van der Waals surface area (Å²) in [5.74, 6) is 0.0416. The monoisotopic (exact) mass is 403 g/mol. The van der Waals surface area contributed by atoms with Crippen LogP contribution in [0, 0.1) is 5.82 Å². The lowest BCUT2D eigenvalue weighted by molar-refractivity contribution is 0.0973. The summed E-state index contributed by atoms with van der Waals surface area (Å²) in [5.41, 5.74) is 4.51. The number of nitrogens with zero attached hydrogens (tertiary/aromatic N) is 1. The van der Waals surface area contributed by atoms with Crippen molar-refractivity contribution in [3.05, 3.63) is 82.9 Å². The first-order valence-electron chi connectivity index (χ1n) is 10.1. The Kier molecular flexibility index (Phi) is 5.70. The molecule has 1 aliphatic heterocycles. The normalized spacial score (nSPS) is 11.9. The quantitative estimate of drug-likeness (QED) is 0.483. The van der Waals surface area contributed by atoms with E-state index in [0.717, 1.165) is 28.0 Å². The number of ether oxygens (including phenoxy) is 1. The topological polar surface area (TPSA) is 56.3 Å².